The number of Topliss-reactive ketones (excluding diaryl/α,β-unsaturated/α-hetero) is 1. The molecule has 0 aromatic heterocycles. The van der Waals surface area contributed by atoms with E-state index in [0.29, 0.717) is 11.7 Å². The van der Waals surface area contributed by atoms with Crippen LogP contribution in [0.4, 0.5) is 0 Å². The van der Waals surface area contributed by atoms with Crippen molar-refractivity contribution in [2.75, 3.05) is 13.7 Å². The fourth-order valence-electron chi connectivity index (χ4n) is 5.98. The molecule has 5 unspecified atom stereocenters. The second-order valence-corrected chi connectivity index (χ2v) is 7.63. The number of rotatable bonds is 1. The largest absolute Gasteiger partial charge is 0.373 e. The zero-order valence-corrected chi connectivity index (χ0v) is 12.4. The van der Waals surface area contributed by atoms with Crippen LogP contribution in [0, 0.1) is 22.7 Å². The summed E-state index contributed by atoms with van der Waals surface area (Å²) in [5.41, 5.74) is -0.0997. The Kier molecular flexibility index (Phi) is 1.81. The first kappa shape index (κ1) is 12.1. The lowest BCUT2D eigenvalue weighted by Crippen LogP contribution is -2.66. The van der Waals surface area contributed by atoms with Crippen molar-refractivity contribution in [3.63, 3.8) is 0 Å². The third kappa shape index (κ3) is 0.872. The Bertz CT molecular complexity index is 528. The van der Waals surface area contributed by atoms with Gasteiger partial charge in [0.15, 0.2) is 0 Å². The molecule has 19 heavy (non-hydrogen) atoms. The van der Waals surface area contributed by atoms with Crippen LogP contribution in [0.1, 0.15) is 34.1 Å². The SMILES string of the molecule is COC12C3C=C(C)C(CC3(C)C(=O)C1(C)C)C21CO1. The van der Waals surface area contributed by atoms with Gasteiger partial charge in [-0.3, -0.25) is 4.79 Å². The standard InChI is InChI=1S/C16H22O3/c1-9-6-11-14(4)7-10(9)15(8-19-15)16(11,18-5)13(2,3)12(14)17/h6,10-11H,7-8H2,1-5H3. The number of epoxide rings is 1. The Balaban J connectivity index is 2.07. The number of carbonyl (C=O) groups excluding carboxylic acids is 1. The Labute approximate surface area is 114 Å². The molecule has 3 heteroatoms. The highest BCUT2D eigenvalue weighted by Crippen LogP contribution is 2.76. The van der Waals surface area contributed by atoms with E-state index in [9.17, 15) is 4.79 Å². The van der Waals surface area contributed by atoms with Crippen molar-refractivity contribution in [2.24, 2.45) is 22.7 Å². The lowest BCUT2D eigenvalue weighted by atomic mass is 9.50. The van der Waals surface area contributed by atoms with Gasteiger partial charge >= 0.3 is 0 Å². The summed E-state index contributed by atoms with van der Waals surface area (Å²) in [5, 5.41) is 0. The van der Waals surface area contributed by atoms with Crippen LogP contribution in [0.15, 0.2) is 11.6 Å². The van der Waals surface area contributed by atoms with Gasteiger partial charge in [0, 0.05) is 24.4 Å². The summed E-state index contributed by atoms with van der Waals surface area (Å²) < 4.78 is 12.1. The Morgan fingerprint density at radius 1 is 1.37 bits per heavy atom. The van der Waals surface area contributed by atoms with Crippen LogP contribution in [0.5, 0.6) is 0 Å². The molecule has 3 nitrogen and oxygen atoms in total. The van der Waals surface area contributed by atoms with E-state index in [2.05, 4.69) is 33.8 Å². The van der Waals surface area contributed by atoms with Crippen LogP contribution in [-0.2, 0) is 14.3 Å². The van der Waals surface area contributed by atoms with Crippen molar-refractivity contribution in [2.45, 2.75) is 45.3 Å². The first-order valence-corrected chi connectivity index (χ1v) is 7.20. The van der Waals surface area contributed by atoms with Gasteiger partial charge < -0.3 is 9.47 Å². The van der Waals surface area contributed by atoms with Gasteiger partial charge in [0.1, 0.15) is 17.0 Å². The Morgan fingerprint density at radius 2 is 2.00 bits per heavy atom. The third-order valence-corrected chi connectivity index (χ3v) is 6.72. The molecule has 1 heterocycles. The Morgan fingerprint density at radius 3 is 2.53 bits per heavy atom. The average Bonchev–Trinajstić information content (AvgIpc) is 3.11. The van der Waals surface area contributed by atoms with Crippen LogP contribution >= 0.6 is 0 Å². The molecule has 4 aliphatic carbocycles. The predicted octanol–water partition coefficient (Wildman–Crippen LogP) is 2.35. The molecule has 3 fully saturated rings. The number of ketones is 1. The fraction of sp³-hybridized carbons (Fsp3) is 0.812. The molecule has 0 radical (unpaired) electrons. The minimum Gasteiger partial charge on any atom is -0.373 e. The molecular weight excluding hydrogens is 240 g/mol. The van der Waals surface area contributed by atoms with Crippen molar-refractivity contribution in [1.29, 1.82) is 0 Å². The van der Waals surface area contributed by atoms with Gasteiger partial charge in [0.05, 0.1) is 12.0 Å². The molecule has 0 amide bonds. The molecule has 104 valence electrons. The van der Waals surface area contributed by atoms with Crippen LogP contribution in [0.2, 0.25) is 0 Å². The summed E-state index contributed by atoms with van der Waals surface area (Å²) in [6, 6.07) is 0. The zero-order valence-electron chi connectivity index (χ0n) is 12.4. The average molecular weight is 262 g/mol. The van der Waals surface area contributed by atoms with Gasteiger partial charge in [-0.15, -0.1) is 0 Å². The van der Waals surface area contributed by atoms with Crippen LogP contribution in [0.3, 0.4) is 0 Å². The number of ether oxygens (including phenoxy) is 2. The van der Waals surface area contributed by atoms with E-state index in [0.717, 1.165) is 13.0 Å². The van der Waals surface area contributed by atoms with Crippen molar-refractivity contribution in [3.05, 3.63) is 11.6 Å². The maximum atomic E-state index is 13.0. The molecule has 1 aliphatic heterocycles. The van der Waals surface area contributed by atoms with Crippen molar-refractivity contribution >= 4 is 5.78 Å². The molecule has 0 aromatic rings. The molecular formula is C16H22O3. The van der Waals surface area contributed by atoms with Crippen LogP contribution < -0.4 is 0 Å². The van der Waals surface area contributed by atoms with E-state index < -0.39 is 11.0 Å². The minimum absolute atomic E-state index is 0.153. The zero-order chi connectivity index (χ0) is 13.8. The van der Waals surface area contributed by atoms with Gasteiger partial charge in [-0.25, -0.2) is 0 Å². The van der Waals surface area contributed by atoms with E-state index in [1.165, 1.54) is 5.57 Å². The lowest BCUT2D eigenvalue weighted by Gasteiger charge is -2.57. The monoisotopic (exact) mass is 262 g/mol. The van der Waals surface area contributed by atoms with E-state index in [1.807, 2.05) is 0 Å². The first-order valence-electron chi connectivity index (χ1n) is 7.20. The van der Waals surface area contributed by atoms with E-state index in [4.69, 9.17) is 9.47 Å². The quantitative estimate of drug-likeness (QED) is 0.538. The van der Waals surface area contributed by atoms with E-state index in [-0.39, 0.29) is 16.9 Å². The summed E-state index contributed by atoms with van der Waals surface area (Å²) in [6.07, 6.45) is 3.23. The summed E-state index contributed by atoms with van der Waals surface area (Å²) >= 11 is 0. The number of hydrogen-bond acceptors (Lipinski definition) is 3. The molecule has 1 spiro atoms. The van der Waals surface area contributed by atoms with E-state index >= 15 is 0 Å². The molecule has 5 rings (SSSR count). The summed E-state index contributed by atoms with van der Waals surface area (Å²) in [7, 11) is 1.76. The normalized spacial score (nSPS) is 56.7. The van der Waals surface area contributed by atoms with Gasteiger partial charge in [-0.1, -0.05) is 18.6 Å². The molecule has 0 aromatic carbocycles. The van der Waals surface area contributed by atoms with Crippen molar-refractivity contribution in [1.82, 2.24) is 0 Å². The van der Waals surface area contributed by atoms with Crippen LogP contribution in [0.25, 0.3) is 0 Å². The second-order valence-electron chi connectivity index (χ2n) is 7.63. The molecule has 1 saturated heterocycles. The summed E-state index contributed by atoms with van der Waals surface area (Å²) in [5.74, 6) is 0.848. The molecule has 2 saturated carbocycles. The second kappa shape index (κ2) is 2.84. The molecule has 4 bridgehead atoms. The molecule has 0 N–H and O–H groups in total. The third-order valence-electron chi connectivity index (χ3n) is 6.72. The number of carbonyl (C=O) groups is 1. The van der Waals surface area contributed by atoms with Crippen molar-refractivity contribution < 1.29 is 14.3 Å². The highest BCUT2D eigenvalue weighted by molar-refractivity contribution is 5.96. The maximum absolute atomic E-state index is 13.0. The van der Waals surface area contributed by atoms with Gasteiger partial charge in [0.2, 0.25) is 0 Å². The highest BCUT2D eigenvalue weighted by atomic mass is 16.6. The number of hydrogen-bond donors (Lipinski definition) is 0. The lowest BCUT2D eigenvalue weighted by molar-refractivity contribution is -0.187. The van der Waals surface area contributed by atoms with Gasteiger partial charge in [-0.05, 0) is 27.2 Å². The summed E-state index contributed by atoms with van der Waals surface area (Å²) in [4.78, 5) is 13.0. The fourth-order valence-corrected chi connectivity index (χ4v) is 5.98. The minimum atomic E-state index is -0.483. The van der Waals surface area contributed by atoms with Crippen LogP contribution in [-0.4, -0.2) is 30.7 Å². The maximum Gasteiger partial charge on any atom is 0.148 e. The molecule has 5 atom stereocenters. The van der Waals surface area contributed by atoms with E-state index in [1.54, 1.807) is 7.11 Å². The van der Waals surface area contributed by atoms with Gasteiger partial charge in [-0.2, -0.15) is 0 Å². The molecule has 5 aliphatic rings. The Hall–Kier alpha value is -0.670. The summed E-state index contributed by atoms with van der Waals surface area (Å²) in [6.45, 7) is 9.16. The first-order chi connectivity index (χ1) is 8.78. The van der Waals surface area contributed by atoms with Crippen molar-refractivity contribution in [3.8, 4) is 0 Å². The predicted molar refractivity (Wildman–Crippen MR) is 70.7 cm³/mol. The highest BCUT2D eigenvalue weighted by Gasteiger charge is 2.86. The smallest absolute Gasteiger partial charge is 0.148 e. The van der Waals surface area contributed by atoms with Gasteiger partial charge in [0.25, 0.3) is 0 Å². The number of methoxy groups -OCH3 is 1. The topological polar surface area (TPSA) is 38.8 Å².